The molecule has 1 saturated carbocycles. The summed E-state index contributed by atoms with van der Waals surface area (Å²) in [5.74, 6) is 0.753. The molecule has 1 fully saturated rings. The highest BCUT2D eigenvalue weighted by atomic mass is 16.5. The number of likely N-dealkylation sites (N-methyl/N-ethyl adjacent to an activating group) is 1. The summed E-state index contributed by atoms with van der Waals surface area (Å²) in [6, 6.07) is 5.06. The second-order valence-electron chi connectivity index (χ2n) is 4.97. The lowest BCUT2D eigenvalue weighted by Crippen LogP contribution is -2.26. The van der Waals surface area contributed by atoms with Crippen LogP contribution in [0.4, 0.5) is 0 Å². The summed E-state index contributed by atoms with van der Waals surface area (Å²) in [5, 5.41) is 3.22. The largest absolute Gasteiger partial charge is 0.476 e. The van der Waals surface area contributed by atoms with E-state index < -0.39 is 0 Å². The van der Waals surface area contributed by atoms with Gasteiger partial charge >= 0.3 is 0 Å². The third-order valence-corrected chi connectivity index (χ3v) is 3.55. The van der Waals surface area contributed by atoms with E-state index in [4.69, 9.17) is 4.74 Å². The highest BCUT2D eigenvalue weighted by Gasteiger charge is 2.25. The highest BCUT2D eigenvalue weighted by Crippen LogP contribution is 2.25. The Balaban J connectivity index is 1.87. The van der Waals surface area contributed by atoms with Crippen LogP contribution in [0.1, 0.15) is 31.4 Å². The molecule has 0 aromatic carbocycles. The van der Waals surface area contributed by atoms with Gasteiger partial charge in [-0.2, -0.15) is 0 Å². The second kappa shape index (κ2) is 6.16. The molecule has 4 heteroatoms. The first-order valence-electron chi connectivity index (χ1n) is 6.67. The van der Waals surface area contributed by atoms with E-state index in [0.29, 0.717) is 6.61 Å². The molecule has 18 heavy (non-hydrogen) atoms. The van der Waals surface area contributed by atoms with Gasteiger partial charge in [-0.3, -0.25) is 0 Å². The van der Waals surface area contributed by atoms with Gasteiger partial charge in [0.2, 0.25) is 5.88 Å². The maximum atomic E-state index is 5.82. The smallest absolute Gasteiger partial charge is 0.218 e. The summed E-state index contributed by atoms with van der Waals surface area (Å²) in [6.45, 7) is 3.78. The Kier molecular flexibility index (Phi) is 4.55. The molecule has 1 aliphatic carbocycles. The third kappa shape index (κ3) is 3.43. The SMILES string of the molecule is CNC(C)c1cccnc1OCCN(C)C1CC1. The van der Waals surface area contributed by atoms with E-state index in [-0.39, 0.29) is 6.04 Å². The lowest BCUT2D eigenvalue weighted by molar-refractivity contribution is 0.224. The van der Waals surface area contributed by atoms with Gasteiger partial charge in [-0.1, -0.05) is 6.07 Å². The standard InChI is InChI=1S/C14H23N3O/c1-11(15-2)13-5-4-8-16-14(13)18-10-9-17(3)12-6-7-12/h4-5,8,11-12,15H,6-7,9-10H2,1-3H3. The fourth-order valence-corrected chi connectivity index (χ4v) is 1.99. The molecular weight excluding hydrogens is 226 g/mol. The molecule has 100 valence electrons. The highest BCUT2D eigenvalue weighted by molar-refractivity contribution is 5.28. The number of rotatable bonds is 7. The third-order valence-electron chi connectivity index (χ3n) is 3.55. The van der Waals surface area contributed by atoms with Crippen LogP contribution in [0.25, 0.3) is 0 Å². The van der Waals surface area contributed by atoms with Gasteiger partial charge in [0.15, 0.2) is 0 Å². The van der Waals surface area contributed by atoms with Crippen molar-refractivity contribution in [1.82, 2.24) is 15.2 Å². The van der Waals surface area contributed by atoms with Crippen LogP contribution in [0.15, 0.2) is 18.3 Å². The van der Waals surface area contributed by atoms with Crippen molar-refractivity contribution in [2.24, 2.45) is 0 Å². The molecule has 0 amide bonds. The Morgan fingerprint density at radius 1 is 1.56 bits per heavy atom. The minimum atomic E-state index is 0.259. The summed E-state index contributed by atoms with van der Waals surface area (Å²) < 4.78 is 5.82. The average molecular weight is 249 g/mol. The molecule has 0 radical (unpaired) electrons. The maximum absolute atomic E-state index is 5.82. The summed E-state index contributed by atoms with van der Waals surface area (Å²) in [5.41, 5.74) is 1.12. The Hall–Kier alpha value is -1.13. The van der Waals surface area contributed by atoms with Crippen LogP contribution in [-0.2, 0) is 0 Å². The summed E-state index contributed by atoms with van der Waals surface area (Å²) in [7, 11) is 4.11. The molecule has 1 aromatic heterocycles. The van der Waals surface area contributed by atoms with E-state index in [2.05, 4.69) is 35.2 Å². The van der Waals surface area contributed by atoms with E-state index >= 15 is 0 Å². The lowest BCUT2D eigenvalue weighted by atomic mass is 10.1. The van der Waals surface area contributed by atoms with E-state index in [0.717, 1.165) is 24.0 Å². The predicted octanol–water partition coefficient (Wildman–Crippen LogP) is 1.83. The molecular formula is C14H23N3O. The van der Waals surface area contributed by atoms with Crippen LogP contribution in [-0.4, -0.2) is 43.2 Å². The van der Waals surface area contributed by atoms with Gasteiger partial charge in [0.25, 0.3) is 0 Å². The number of nitrogens with one attached hydrogen (secondary N) is 1. The topological polar surface area (TPSA) is 37.4 Å². The predicted molar refractivity (Wildman–Crippen MR) is 72.9 cm³/mol. The molecule has 0 saturated heterocycles. The van der Waals surface area contributed by atoms with Gasteiger partial charge in [0.05, 0.1) is 0 Å². The molecule has 1 aromatic rings. The van der Waals surface area contributed by atoms with Gasteiger partial charge in [-0.15, -0.1) is 0 Å². The minimum Gasteiger partial charge on any atom is -0.476 e. The van der Waals surface area contributed by atoms with Crippen LogP contribution in [0, 0.1) is 0 Å². The molecule has 1 heterocycles. The molecule has 0 aliphatic heterocycles. The Morgan fingerprint density at radius 3 is 3.00 bits per heavy atom. The molecule has 1 aliphatic rings. The molecule has 1 atom stereocenters. The minimum absolute atomic E-state index is 0.259. The van der Waals surface area contributed by atoms with E-state index in [1.165, 1.54) is 12.8 Å². The van der Waals surface area contributed by atoms with Crippen molar-refractivity contribution in [3.05, 3.63) is 23.9 Å². The first-order chi connectivity index (χ1) is 8.72. The van der Waals surface area contributed by atoms with E-state index in [1.807, 2.05) is 13.1 Å². The summed E-state index contributed by atoms with van der Waals surface area (Å²) >= 11 is 0. The molecule has 2 rings (SSSR count). The number of hydrogen-bond acceptors (Lipinski definition) is 4. The van der Waals surface area contributed by atoms with Crippen molar-refractivity contribution in [2.45, 2.75) is 31.8 Å². The lowest BCUT2D eigenvalue weighted by Gasteiger charge is -2.18. The summed E-state index contributed by atoms with van der Waals surface area (Å²) in [4.78, 5) is 6.69. The average Bonchev–Trinajstić information content (AvgIpc) is 3.22. The number of ether oxygens (including phenoxy) is 1. The van der Waals surface area contributed by atoms with Crippen LogP contribution < -0.4 is 10.1 Å². The van der Waals surface area contributed by atoms with Crippen molar-refractivity contribution in [2.75, 3.05) is 27.2 Å². The maximum Gasteiger partial charge on any atom is 0.218 e. The first kappa shape index (κ1) is 13.3. The van der Waals surface area contributed by atoms with Crippen molar-refractivity contribution >= 4 is 0 Å². The number of hydrogen-bond donors (Lipinski definition) is 1. The normalized spacial score (nSPS) is 16.9. The number of nitrogens with zero attached hydrogens (tertiary/aromatic N) is 2. The Morgan fingerprint density at radius 2 is 2.33 bits per heavy atom. The Labute approximate surface area is 109 Å². The quantitative estimate of drug-likeness (QED) is 0.800. The molecule has 1 N–H and O–H groups in total. The van der Waals surface area contributed by atoms with Crippen molar-refractivity contribution in [3.8, 4) is 5.88 Å². The van der Waals surface area contributed by atoms with E-state index in [9.17, 15) is 0 Å². The van der Waals surface area contributed by atoms with Crippen molar-refractivity contribution in [1.29, 1.82) is 0 Å². The van der Waals surface area contributed by atoms with Crippen LogP contribution in [0.5, 0.6) is 5.88 Å². The van der Waals surface area contributed by atoms with Gasteiger partial charge in [0, 0.05) is 30.4 Å². The van der Waals surface area contributed by atoms with Gasteiger partial charge in [0.1, 0.15) is 6.61 Å². The van der Waals surface area contributed by atoms with Crippen LogP contribution in [0.3, 0.4) is 0 Å². The Bertz CT molecular complexity index is 379. The van der Waals surface area contributed by atoms with Crippen molar-refractivity contribution < 1.29 is 4.74 Å². The van der Waals surface area contributed by atoms with Crippen LogP contribution in [0.2, 0.25) is 0 Å². The van der Waals surface area contributed by atoms with Gasteiger partial charge in [-0.05, 0) is 39.9 Å². The fourth-order valence-electron chi connectivity index (χ4n) is 1.99. The number of pyridine rings is 1. The zero-order valence-electron chi connectivity index (χ0n) is 11.5. The number of aromatic nitrogens is 1. The second-order valence-corrected chi connectivity index (χ2v) is 4.97. The monoisotopic (exact) mass is 249 g/mol. The van der Waals surface area contributed by atoms with Crippen LogP contribution >= 0.6 is 0 Å². The molecule has 1 unspecified atom stereocenters. The van der Waals surface area contributed by atoms with Crippen molar-refractivity contribution in [3.63, 3.8) is 0 Å². The zero-order chi connectivity index (χ0) is 13.0. The van der Waals surface area contributed by atoms with Gasteiger partial charge < -0.3 is 15.0 Å². The zero-order valence-corrected chi connectivity index (χ0v) is 11.5. The molecule has 4 nitrogen and oxygen atoms in total. The first-order valence-corrected chi connectivity index (χ1v) is 6.67. The fraction of sp³-hybridized carbons (Fsp3) is 0.643. The van der Waals surface area contributed by atoms with Gasteiger partial charge in [-0.25, -0.2) is 4.98 Å². The van der Waals surface area contributed by atoms with E-state index in [1.54, 1.807) is 6.20 Å². The summed E-state index contributed by atoms with van der Waals surface area (Å²) in [6.07, 6.45) is 4.45. The molecule has 0 bridgehead atoms. The molecule has 0 spiro atoms.